The zero-order chi connectivity index (χ0) is 24.5. The molecule has 0 bridgehead atoms. The molecule has 0 atom stereocenters. The molecule has 0 aliphatic rings. The van der Waals surface area contributed by atoms with E-state index in [0.717, 1.165) is 43.1 Å². The normalized spacial score (nSPS) is 11.2. The number of esters is 2. The van der Waals surface area contributed by atoms with Gasteiger partial charge in [0.2, 0.25) is 0 Å². The summed E-state index contributed by atoms with van der Waals surface area (Å²) in [5, 5.41) is 8.07. The van der Waals surface area contributed by atoms with Gasteiger partial charge >= 0.3 is 11.9 Å². The maximum atomic E-state index is 12.6. The summed E-state index contributed by atoms with van der Waals surface area (Å²) in [6.07, 6.45) is -0.146. The van der Waals surface area contributed by atoms with Gasteiger partial charge in [0.25, 0.3) is 0 Å². The van der Waals surface area contributed by atoms with Gasteiger partial charge < -0.3 is 9.47 Å². The fourth-order valence-electron chi connectivity index (χ4n) is 4.61. The Kier molecular flexibility index (Phi) is 5.55. The van der Waals surface area contributed by atoms with E-state index in [1.54, 1.807) is 12.1 Å². The number of carbonyl (C=O) groups is 2. The molecule has 0 spiro atoms. The number of ether oxygens (including phenoxy) is 2. The number of carbonyl (C=O) groups excluding carboxylic acids is 2. The van der Waals surface area contributed by atoms with Crippen molar-refractivity contribution in [3.8, 4) is 11.5 Å². The van der Waals surface area contributed by atoms with Gasteiger partial charge in [0, 0.05) is 10.8 Å². The summed E-state index contributed by atoms with van der Waals surface area (Å²) in [6.45, 7) is 0. The van der Waals surface area contributed by atoms with Crippen molar-refractivity contribution < 1.29 is 19.1 Å². The first-order chi connectivity index (χ1) is 17.6. The van der Waals surface area contributed by atoms with Crippen LogP contribution in [-0.2, 0) is 9.59 Å². The van der Waals surface area contributed by atoms with Crippen molar-refractivity contribution in [3.05, 3.63) is 109 Å². The Morgan fingerprint density at radius 3 is 1.22 bits per heavy atom. The molecule has 0 heterocycles. The van der Waals surface area contributed by atoms with Gasteiger partial charge in [-0.15, -0.1) is 0 Å². The lowest BCUT2D eigenvalue weighted by atomic mass is 10.0. The van der Waals surface area contributed by atoms with Crippen LogP contribution >= 0.6 is 0 Å². The van der Waals surface area contributed by atoms with Crippen molar-refractivity contribution in [3.63, 3.8) is 0 Å². The van der Waals surface area contributed by atoms with Crippen LogP contribution in [-0.4, -0.2) is 11.9 Å². The summed E-state index contributed by atoms with van der Waals surface area (Å²) in [4.78, 5) is 25.2. The lowest BCUT2D eigenvalue weighted by molar-refractivity contribution is -0.140. The molecule has 0 aliphatic carbocycles. The molecule has 6 aromatic carbocycles. The molecule has 6 rings (SSSR count). The molecule has 174 valence electrons. The molecule has 36 heavy (non-hydrogen) atoms. The van der Waals surface area contributed by atoms with E-state index in [0.29, 0.717) is 11.5 Å². The average molecular weight is 471 g/mol. The predicted molar refractivity (Wildman–Crippen MR) is 143 cm³/mol. The number of hydrogen-bond acceptors (Lipinski definition) is 4. The van der Waals surface area contributed by atoms with E-state index in [-0.39, 0.29) is 12.8 Å². The monoisotopic (exact) mass is 470 g/mol. The first-order valence-electron chi connectivity index (χ1n) is 11.9. The van der Waals surface area contributed by atoms with Crippen LogP contribution < -0.4 is 9.47 Å². The third kappa shape index (κ3) is 4.25. The quantitative estimate of drug-likeness (QED) is 0.148. The fourth-order valence-corrected chi connectivity index (χ4v) is 4.61. The molecule has 0 saturated heterocycles. The van der Waals surface area contributed by atoms with Gasteiger partial charge in [-0.1, -0.05) is 72.8 Å². The molecule has 0 saturated carbocycles. The van der Waals surface area contributed by atoms with Crippen molar-refractivity contribution in [1.29, 1.82) is 0 Å². The van der Waals surface area contributed by atoms with Gasteiger partial charge in [-0.3, -0.25) is 9.59 Å². The third-order valence-electron chi connectivity index (χ3n) is 6.39. The van der Waals surface area contributed by atoms with Crippen LogP contribution in [0.1, 0.15) is 12.8 Å². The Balaban J connectivity index is 1.16. The topological polar surface area (TPSA) is 52.6 Å². The summed E-state index contributed by atoms with van der Waals surface area (Å²) in [7, 11) is 0. The van der Waals surface area contributed by atoms with Crippen LogP contribution in [0.2, 0.25) is 0 Å². The van der Waals surface area contributed by atoms with Gasteiger partial charge in [-0.05, 0) is 68.7 Å². The number of rotatable bonds is 5. The highest BCUT2D eigenvalue weighted by atomic mass is 16.5. The number of benzene rings is 6. The van der Waals surface area contributed by atoms with E-state index in [1.807, 2.05) is 72.8 Å². The average Bonchev–Trinajstić information content (AvgIpc) is 2.90. The lowest BCUT2D eigenvalue weighted by Crippen LogP contribution is -2.14. The van der Waals surface area contributed by atoms with Crippen LogP contribution in [0.3, 0.4) is 0 Å². The SMILES string of the molecule is O=C(CCC(=O)Oc1cccc2cc3ccccc3cc12)Oc1cccc2cc3ccccc3cc12. The van der Waals surface area contributed by atoms with Crippen molar-refractivity contribution in [2.75, 3.05) is 0 Å². The molecule has 0 radical (unpaired) electrons. The molecule has 6 aromatic rings. The first kappa shape index (κ1) is 21.8. The zero-order valence-electron chi connectivity index (χ0n) is 19.4. The maximum Gasteiger partial charge on any atom is 0.311 e. The van der Waals surface area contributed by atoms with Crippen LogP contribution in [0.15, 0.2) is 109 Å². The molecular weight excluding hydrogens is 448 g/mol. The molecule has 0 N–H and O–H groups in total. The summed E-state index contributed by atoms with van der Waals surface area (Å²) in [6, 6.07) is 35.5. The van der Waals surface area contributed by atoms with E-state index in [9.17, 15) is 9.59 Å². The highest BCUT2D eigenvalue weighted by Crippen LogP contribution is 2.31. The minimum absolute atomic E-state index is 0.0729. The first-order valence-corrected chi connectivity index (χ1v) is 11.9. The van der Waals surface area contributed by atoms with E-state index >= 15 is 0 Å². The van der Waals surface area contributed by atoms with Crippen molar-refractivity contribution in [1.82, 2.24) is 0 Å². The summed E-state index contributed by atoms with van der Waals surface area (Å²) < 4.78 is 11.3. The summed E-state index contributed by atoms with van der Waals surface area (Å²) >= 11 is 0. The fraction of sp³-hybridized carbons (Fsp3) is 0.0625. The van der Waals surface area contributed by atoms with E-state index in [2.05, 4.69) is 24.3 Å². The highest BCUT2D eigenvalue weighted by molar-refractivity contribution is 6.02. The smallest absolute Gasteiger partial charge is 0.311 e. The minimum atomic E-state index is -0.475. The molecule has 0 aromatic heterocycles. The van der Waals surface area contributed by atoms with E-state index < -0.39 is 11.9 Å². The summed E-state index contributed by atoms with van der Waals surface area (Å²) in [5.74, 6) is 0.0168. The lowest BCUT2D eigenvalue weighted by Gasteiger charge is -2.10. The van der Waals surface area contributed by atoms with Crippen LogP contribution in [0.4, 0.5) is 0 Å². The standard InChI is InChI=1S/C32H22O4/c33-31(35-29-13-5-11-25-17-21-7-1-3-9-23(21)19-27(25)29)15-16-32(34)36-30-14-6-12-26-18-22-8-2-4-10-24(22)20-28(26)30/h1-14,17-20H,15-16H2. The third-order valence-corrected chi connectivity index (χ3v) is 6.39. The molecule has 0 aliphatic heterocycles. The van der Waals surface area contributed by atoms with Crippen LogP contribution in [0.5, 0.6) is 11.5 Å². The van der Waals surface area contributed by atoms with Gasteiger partial charge in [-0.25, -0.2) is 0 Å². The van der Waals surface area contributed by atoms with E-state index in [4.69, 9.17) is 9.47 Å². The number of hydrogen-bond donors (Lipinski definition) is 0. The van der Waals surface area contributed by atoms with Crippen LogP contribution in [0, 0.1) is 0 Å². The Bertz CT molecular complexity index is 1650. The van der Waals surface area contributed by atoms with Crippen molar-refractivity contribution in [2.24, 2.45) is 0 Å². The molecular formula is C32H22O4. The predicted octanol–water partition coefficient (Wildman–Crippen LogP) is 7.59. The van der Waals surface area contributed by atoms with Crippen molar-refractivity contribution in [2.45, 2.75) is 12.8 Å². The Hall–Kier alpha value is -4.70. The summed E-state index contributed by atoms with van der Waals surface area (Å²) in [5.41, 5.74) is 0. The van der Waals surface area contributed by atoms with Crippen molar-refractivity contribution >= 4 is 55.0 Å². The Morgan fingerprint density at radius 1 is 0.444 bits per heavy atom. The second-order valence-corrected chi connectivity index (χ2v) is 8.80. The van der Waals surface area contributed by atoms with Gasteiger partial charge in [-0.2, -0.15) is 0 Å². The second-order valence-electron chi connectivity index (χ2n) is 8.80. The largest absolute Gasteiger partial charge is 0.426 e. The Morgan fingerprint density at radius 2 is 0.806 bits per heavy atom. The molecule has 4 heteroatoms. The molecule has 4 nitrogen and oxygen atoms in total. The van der Waals surface area contributed by atoms with E-state index in [1.165, 1.54) is 0 Å². The highest BCUT2D eigenvalue weighted by Gasteiger charge is 2.14. The maximum absolute atomic E-state index is 12.6. The number of fused-ring (bicyclic) bond motifs is 4. The molecule has 0 fully saturated rings. The van der Waals surface area contributed by atoms with Gasteiger partial charge in [0.1, 0.15) is 11.5 Å². The zero-order valence-corrected chi connectivity index (χ0v) is 19.4. The Labute approximate surface area is 207 Å². The minimum Gasteiger partial charge on any atom is -0.426 e. The molecule has 0 unspecified atom stereocenters. The van der Waals surface area contributed by atoms with Gasteiger partial charge in [0.05, 0.1) is 12.8 Å². The molecule has 0 amide bonds. The van der Waals surface area contributed by atoms with Gasteiger partial charge in [0.15, 0.2) is 0 Å². The van der Waals surface area contributed by atoms with Crippen LogP contribution in [0.25, 0.3) is 43.1 Å². The second kappa shape index (κ2) is 9.16.